The van der Waals surface area contributed by atoms with Crippen LogP contribution in [0.4, 0.5) is 5.82 Å². The number of aromatic nitrogens is 2. The van der Waals surface area contributed by atoms with E-state index in [9.17, 15) is 0 Å². The molecule has 20 heavy (non-hydrogen) atoms. The first-order valence-corrected chi connectivity index (χ1v) is 6.11. The van der Waals surface area contributed by atoms with Crippen LogP contribution in [-0.2, 0) is 0 Å². The highest BCUT2D eigenvalue weighted by Crippen LogP contribution is 2.32. The number of nitrogens with zero attached hydrogens (tertiary/aromatic N) is 2. The number of nitrogens with two attached hydrogens (primary N) is 1. The Balaban J connectivity index is 2.04. The summed E-state index contributed by atoms with van der Waals surface area (Å²) in [6, 6.07) is 14.8. The fraction of sp³-hybridized carbons (Fsp3) is 0.0667. The molecule has 0 saturated carbocycles. The van der Waals surface area contributed by atoms with Crippen molar-refractivity contribution in [1.82, 2.24) is 9.97 Å². The molecule has 3 rings (SSSR count). The molecular formula is C15H13N3O2. The van der Waals surface area contributed by atoms with E-state index in [1.165, 1.54) is 0 Å². The zero-order valence-electron chi connectivity index (χ0n) is 10.9. The van der Waals surface area contributed by atoms with Crippen molar-refractivity contribution in [3.05, 3.63) is 48.5 Å². The third-order valence-corrected chi connectivity index (χ3v) is 2.84. The molecule has 5 heteroatoms. The highest BCUT2D eigenvalue weighted by atomic mass is 16.5. The molecule has 1 heterocycles. The number of methoxy groups -OCH3 is 1. The minimum absolute atomic E-state index is 0.245. The van der Waals surface area contributed by atoms with Gasteiger partial charge in [0, 0.05) is 0 Å². The second-order valence-corrected chi connectivity index (χ2v) is 4.16. The van der Waals surface area contributed by atoms with E-state index in [-0.39, 0.29) is 11.7 Å². The second kappa shape index (κ2) is 5.05. The zero-order valence-corrected chi connectivity index (χ0v) is 10.9. The van der Waals surface area contributed by atoms with Gasteiger partial charge < -0.3 is 15.2 Å². The number of fused-ring (bicyclic) bond motifs is 1. The van der Waals surface area contributed by atoms with E-state index in [0.717, 1.165) is 11.0 Å². The lowest BCUT2D eigenvalue weighted by molar-refractivity contribution is 0.375. The third-order valence-electron chi connectivity index (χ3n) is 2.84. The maximum absolute atomic E-state index is 5.89. The predicted molar refractivity (Wildman–Crippen MR) is 77.0 cm³/mol. The average Bonchev–Trinajstić information content (AvgIpc) is 2.48. The number of benzene rings is 2. The van der Waals surface area contributed by atoms with Crippen LogP contribution >= 0.6 is 0 Å². The first kappa shape index (κ1) is 12.2. The molecule has 0 aliphatic rings. The zero-order chi connectivity index (χ0) is 13.9. The summed E-state index contributed by atoms with van der Waals surface area (Å²) in [5.41, 5.74) is 7.35. The highest BCUT2D eigenvalue weighted by Gasteiger charge is 2.10. The highest BCUT2D eigenvalue weighted by molar-refractivity contribution is 5.76. The minimum atomic E-state index is 0.245. The van der Waals surface area contributed by atoms with E-state index in [1.807, 2.05) is 36.4 Å². The molecule has 0 fully saturated rings. The van der Waals surface area contributed by atoms with Crippen LogP contribution in [0, 0.1) is 0 Å². The van der Waals surface area contributed by atoms with Crippen molar-refractivity contribution in [3.63, 3.8) is 0 Å². The summed E-state index contributed by atoms with van der Waals surface area (Å²) < 4.78 is 10.9. The smallest absolute Gasteiger partial charge is 0.263 e. The monoisotopic (exact) mass is 267 g/mol. The van der Waals surface area contributed by atoms with Gasteiger partial charge in [-0.05, 0) is 24.3 Å². The van der Waals surface area contributed by atoms with Crippen LogP contribution in [0.15, 0.2) is 48.5 Å². The van der Waals surface area contributed by atoms with Crippen LogP contribution < -0.4 is 15.2 Å². The molecule has 0 amide bonds. The summed E-state index contributed by atoms with van der Waals surface area (Å²) >= 11 is 0. The Kier molecular flexibility index (Phi) is 3.09. The molecule has 0 atom stereocenters. The molecule has 5 nitrogen and oxygen atoms in total. The van der Waals surface area contributed by atoms with Gasteiger partial charge in [0.2, 0.25) is 0 Å². The number of para-hydroxylation sites is 4. The standard InChI is InChI=1S/C15H13N3O2/c1-19-12-8-4-5-9-13(12)20-15-14(16)17-10-6-2-3-7-11(10)18-15/h2-9H,1H3,(H2,16,17). The fourth-order valence-corrected chi connectivity index (χ4v) is 1.88. The van der Waals surface area contributed by atoms with Gasteiger partial charge in [0.1, 0.15) is 0 Å². The Bertz CT molecular complexity index is 759. The molecule has 1 aromatic heterocycles. The molecule has 2 N–H and O–H groups in total. The van der Waals surface area contributed by atoms with Crippen LogP contribution in [0.25, 0.3) is 11.0 Å². The van der Waals surface area contributed by atoms with Crippen LogP contribution in [-0.4, -0.2) is 17.1 Å². The van der Waals surface area contributed by atoms with Crippen LogP contribution in [0.2, 0.25) is 0 Å². The Hall–Kier alpha value is -2.82. The number of anilines is 1. The van der Waals surface area contributed by atoms with Gasteiger partial charge in [-0.2, -0.15) is 0 Å². The van der Waals surface area contributed by atoms with E-state index in [1.54, 1.807) is 19.2 Å². The van der Waals surface area contributed by atoms with E-state index < -0.39 is 0 Å². The maximum Gasteiger partial charge on any atom is 0.263 e. The van der Waals surface area contributed by atoms with Gasteiger partial charge >= 0.3 is 0 Å². The summed E-state index contributed by atoms with van der Waals surface area (Å²) in [6.07, 6.45) is 0. The summed E-state index contributed by atoms with van der Waals surface area (Å²) in [6.45, 7) is 0. The average molecular weight is 267 g/mol. The van der Waals surface area contributed by atoms with Crippen molar-refractivity contribution in [3.8, 4) is 17.4 Å². The molecule has 3 aromatic rings. The van der Waals surface area contributed by atoms with Gasteiger partial charge in [-0.3, -0.25) is 0 Å². The molecule has 100 valence electrons. The van der Waals surface area contributed by atoms with Crippen LogP contribution in [0.1, 0.15) is 0 Å². The van der Waals surface area contributed by atoms with Gasteiger partial charge in [-0.15, -0.1) is 0 Å². The van der Waals surface area contributed by atoms with E-state index >= 15 is 0 Å². The molecule has 0 bridgehead atoms. The van der Waals surface area contributed by atoms with E-state index in [4.69, 9.17) is 15.2 Å². The summed E-state index contributed by atoms with van der Waals surface area (Å²) in [7, 11) is 1.58. The Morgan fingerprint density at radius 3 is 2.15 bits per heavy atom. The maximum atomic E-state index is 5.89. The van der Waals surface area contributed by atoms with Gasteiger partial charge in [0.15, 0.2) is 17.3 Å². The first-order valence-electron chi connectivity index (χ1n) is 6.11. The Morgan fingerprint density at radius 2 is 1.45 bits per heavy atom. The Morgan fingerprint density at radius 1 is 0.850 bits per heavy atom. The normalized spacial score (nSPS) is 10.4. The lowest BCUT2D eigenvalue weighted by Gasteiger charge is -2.10. The van der Waals surface area contributed by atoms with Crippen molar-refractivity contribution >= 4 is 16.9 Å². The number of hydrogen-bond acceptors (Lipinski definition) is 5. The van der Waals surface area contributed by atoms with Crippen molar-refractivity contribution in [2.45, 2.75) is 0 Å². The molecule has 0 aliphatic heterocycles. The molecule has 0 unspecified atom stereocenters. The van der Waals surface area contributed by atoms with Gasteiger partial charge in [0.05, 0.1) is 18.1 Å². The fourth-order valence-electron chi connectivity index (χ4n) is 1.88. The SMILES string of the molecule is COc1ccccc1Oc1nc2ccccc2nc1N. The molecule has 0 radical (unpaired) electrons. The van der Waals surface area contributed by atoms with Crippen LogP contribution in [0.5, 0.6) is 17.4 Å². The number of rotatable bonds is 3. The third kappa shape index (κ3) is 2.21. The van der Waals surface area contributed by atoms with Crippen molar-refractivity contribution in [2.75, 3.05) is 12.8 Å². The van der Waals surface area contributed by atoms with Gasteiger partial charge in [0.25, 0.3) is 5.88 Å². The van der Waals surface area contributed by atoms with Gasteiger partial charge in [-0.25, -0.2) is 9.97 Å². The van der Waals surface area contributed by atoms with Crippen molar-refractivity contribution < 1.29 is 9.47 Å². The number of hydrogen-bond donors (Lipinski definition) is 1. The first-order chi connectivity index (χ1) is 9.78. The summed E-state index contributed by atoms with van der Waals surface area (Å²) in [5, 5.41) is 0. The molecule has 2 aromatic carbocycles. The summed E-state index contributed by atoms with van der Waals surface area (Å²) in [5.74, 6) is 1.68. The number of nitrogen functional groups attached to an aromatic ring is 1. The molecule has 0 spiro atoms. The lowest BCUT2D eigenvalue weighted by Crippen LogP contribution is -2.00. The largest absolute Gasteiger partial charge is 0.493 e. The van der Waals surface area contributed by atoms with Crippen molar-refractivity contribution in [2.24, 2.45) is 0 Å². The minimum Gasteiger partial charge on any atom is -0.493 e. The van der Waals surface area contributed by atoms with Crippen LogP contribution in [0.3, 0.4) is 0 Å². The molecule has 0 aliphatic carbocycles. The molecular weight excluding hydrogens is 254 g/mol. The van der Waals surface area contributed by atoms with E-state index in [0.29, 0.717) is 11.5 Å². The Labute approximate surface area is 116 Å². The summed E-state index contributed by atoms with van der Waals surface area (Å²) in [4.78, 5) is 8.66. The molecule has 0 saturated heterocycles. The van der Waals surface area contributed by atoms with Crippen molar-refractivity contribution in [1.29, 1.82) is 0 Å². The quantitative estimate of drug-likeness (QED) is 0.789. The van der Waals surface area contributed by atoms with Gasteiger partial charge in [-0.1, -0.05) is 24.3 Å². The predicted octanol–water partition coefficient (Wildman–Crippen LogP) is 3.01. The van der Waals surface area contributed by atoms with E-state index in [2.05, 4.69) is 9.97 Å². The second-order valence-electron chi connectivity index (χ2n) is 4.16. The number of ether oxygens (including phenoxy) is 2. The topological polar surface area (TPSA) is 70.3 Å². The lowest BCUT2D eigenvalue weighted by atomic mass is 10.3.